The molecule has 0 amide bonds. The second-order valence-corrected chi connectivity index (χ2v) is 5.51. The third-order valence-electron chi connectivity index (χ3n) is 3.45. The number of nitrogens with zero attached hydrogens (tertiary/aromatic N) is 5. The molecule has 0 spiro atoms. The standard InChI is InChI=1S/C12H21ClN6/c1-5-14-11-15-10(13)16-12(17-11)19-6-8(2)9(7-19)18(3)4/h8-9H,5-7H2,1-4H3,(H,14,15,16,17). The summed E-state index contributed by atoms with van der Waals surface area (Å²) in [5.74, 6) is 1.78. The quantitative estimate of drug-likeness (QED) is 0.901. The van der Waals surface area contributed by atoms with Gasteiger partial charge in [-0.1, -0.05) is 6.92 Å². The Bertz CT molecular complexity index is 438. The SMILES string of the molecule is CCNc1nc(Cl)nc(N2CC(C)C(N(C)C)C2)n1. The van der Waals surface area contributed by atoms with E-state index in [0.29, 0.717) is 23.9 Å². The number of rotatable bonds is 4. The van der Waals surface area contributed by atoms with Crippen LogP contribution >= 0.6 is 11.6 Å². The minimum absolute atomic E-state index is 0.238. The third kappa shape index (κ3) is 3.25. The highest BCUT2D eigenvalue weighted by atomic mass is 35.5. The lowest BCUT2D eigenvalue weighted by Crippen LogP contribution is -2.34. The van der Waals surface area contributed by atoms with Gasteiger partial charge in [0.1, 0.15) is 0 Å². The van der Waals surface area contributed by atoms with Crippen LogP contribution in [0.25, 0.3) is 0 Å². The van der Waals surface area contributed by atoms with Crippen LogP contribution in [-0.2, 0) is 0 Å². The van der Waals surface area contributed by atoms with Crippen LogP contribution < -0.4 is 10.2 Å². The van der Waals surface area contributed by atoms with E-state index in [4.69, 9.17) is 11.6 Å². The number of anilines is 2. The summed E-state index contributed by atoms with van der Waals surface area (Å²) in [6, 6.07) is 0.512. The fraction of sp³-hybridized carbons (Fsp3) is 0.750. The van der Waals surface area contributed by atoms with Gasteiger partial charge in [-0.15, -0.1) is 0 Å². The van der Waals surface area contributed by atoms with Crippen LogP contribution in [0.5, 0.6) is 0 Å². The van der Waals surface area contributed by atoms with Gasteiger partial charge in [0.05, 0.1) is 0 Å². The molecule has 1 aliphatic heterocycles. The molecular formula is C12H21ClN6. The van der Waals surface area contributed by atoms with Gasteiger partial charge < -0.3 is 15.1 Å². The van der Waals surface area contributed by atoms with Gasteiger partial charge in [0, 0.05) is 25.7 Å². The number of halogens is 1. The lowest BCUT2D eigenvalue weighted by atomic mass is 10.1. The van der Waals surface area contributed by atoms with Crippen LogP contribution in [0.15, 0.2) is 0 Å². The molecule has 0 aliphatic carbocycles. The van der Waals surface area contributed by atoms with Crippen molar-refractivity contribution >= 4 is 23.5 Å². The second kappa shape index (κ2) is 5.88. The van der Waals surface area contributed by atoms with Crippen molar-refractivity contribution in [2.75, 3.05) is 43.9 Å². The number of likely N-dealkylation sites (N-methyl/N-ethyl adjacent to an activating group) is 1. The first-order valence-corrected chi connectivity index (χ1v) is 6.96. The maximum absolute atomic E-state index is 5.96. The van der Waals surface area contributed by atoms with Crippen molar-refractivity contribution in [2.45, 2.75) is 19.9 Å². The van der Waals surface area contributed by atoms with Gasteiger partial charge in [-0.25, -0.2) is 0 Å². The predicted octanol–water partition coefficient (Wildman–Crippen LogP) is 1.34. The van der Waals surface area contributed by atoms with E-state index < -0.39 is 0 Å². The van der Waals surface area contributed by atoms with E-state index in [9.17, 15) is 0 Å². The van der Waals surface area contributed by atoms with E-state index in [1.165, 1.54) is 0 Å². The first-order chi connectivity index (χ1) is 9.01. The van der Waals surface area contributed by atoms with E-state index in [2.05, 4.69) is 51.1 Å². The molecule has 6 nitrogen and oxygen atoms in total. The molecule has 19 heavy (non-hydrogen) atoms. The maximum atomic E-state index is 5.96. The lowest BCUT2D eigenvalue weighted by molar-refractivity contribution is 0.266. The van der Waals surface area contributed by atoms with Gasteiger partial charge in [-0.2, -0.15) is 15.0 Å². The summed E-state index contributed by atoms with van der Waals surface area (Å²) < 4.78 is 0. The van der Waals surface area contributed by atoms with Gasteiger partial charge in [0.25, 0.3) is 0 Å². The number of hydrogen-bond acceptors (Lipinski definition) is 6. The van der Waals surface area contributed by atoms with E-state index in [-0.39, 0.29) is 5.28 Å². The maximum Gasteiger partial charge on any atom is 0.231 e. The molecule has 1 aromatic heterocycles. The Kier molecular flexibility index (Phi) is 4.42. The fourth-order valence-electron chi connectivity index (χ4n) is 2.50. The largest absolute Gasteiger partial charge is 0.354 e. The van der Waals surface area contributed by atoms with Gasteiger partial charge in [-0.05, 0) is 38.5 Å². The molecule has 1 aromatic rings. The van der Waals surface area contributed by atoms with Gasteiger partial charge in [0.2, 0.25) is 17.2 Å². The Morgan fingerprint density at radius 3 is 2.63 bits per heavy atom. The molecule has 0 radical (unpaired) electrons. The average Bonchev–Trinajstić information content (AvgIpc) is 2.71. The van der Waals surface area contributed by atoms with Crippen LogP contribution in [0, 0.1) is 5.92 Å². The molecular weight excluding hydrogens is 264 g/mol. The minimum Gasteiger partial charge on any atom is -0.354 e. The fourth-order valence-corrected chi connectivity index (χ4v) is 2.66. The Balaban J connectivity index is 2.18. The highest BCUT2D eigenvalue weighted by molar-refractivity contribution is 6.28. The molecule has 2 atom stereocenters. The van der Waals surface area contributed by atoms with Crippen molar-refractivity contribution in [2.24, 2.45) is 5.92 Å². The molecule has 1 saturated heterocycles. The summed E-state index contributed by atoms with van der Waals surface area (Å²) in [4.78, 5) is 17.1. The van der Waals surface area contributed by atoms with Gasteiger partial charge in [-0.3, -0.25) is 0 Å². The first-order valence-electron chi connectivity index (χ1n) is 6.58. The molecule has 0 bridgehead atoms. The zero-order valence-electron chi connectivity index (χ0n) is 11.9. The summed E-state index contributed by atoms with van der Waals surface area (Å²) in [5, 5.41) is 3.31. The molecule has 2 unspecified atom stereocenters. The second-order valence-electron chi connectivity index (χ2n) is 5.17. The topological polar surface area (TPSA) is 57.2 Å². The summed E-state index contributed by atoms with van der Waals surface area (Å²) >= 11 is 5.96. The highest BCUT2D eigenvalue weighted by Crippen LogP contribution is 2.24. The van der Waals surface area contributed by atoms with Gasteiger partial charge in [0.15, 0.2) is 0 Å². The Hall–Kier alpha value is -1.14. The summed E-state index contributed by atoms with van der Waals surface area (Å²) in [6.07, 6.45) is 0. The number of aromatic nitrogens is 3. The highest BCUT2D eigenvalue weighted by Gasteiger charge is 2.32. The average molecular weight is 285 g/mol. The molecule has 7 heteroatoms. The van der Waals surface area contributed by atoms with Crippen molar-refractivity contribution in [1.29, 1.82) is 0 Å². The third-order valence-corrected chi connectivity index (χ3v) is 3.62. The lowest BCUT2D eigenvalue weighted by Gasteiger charge is -2.22. The molecule has 1 N–H and O–H groups in total. The molecule has 0 saturated carbocycles. The van der Waals surface area contributed by atoms with Crippen LogP contribution in [0.1, 0.15) is 13.8 Å². The summed E-state index contributed by atoms with van der Waals surface area (Å²) in [5.41, 5.74) is 0. The normalized spacial score (nSPS) is 23.2. The van der Waals surface area contributed by atoms with Crippen molar-refractivity contribution < 1.29 is 0 Å². The first kappa shape index (κ1) is 14.3. The Morgan fingerprint density at radius 2 is 2.05 bits per heavy atom. The Morgan fingerprint density at radius 1 is 1.32 bits per heavy atom. The van der Waals surface area contributed by atoms with Gasteiger partial charge >= 0.3 is 0 Å². The van der Waals surface area contributed by atoms with E-state index in [1.54, 1.807) is 0 Å². The molecule has 106 valence electrons. The van der Waals surface area contributed by atoms with Crippen molar-refractivity contribution in [3.63, 3.8) is 0 Å². The smallest absolute Gasteiger partial charge is 0.231 e. The number of hydrogen-bond donors (Lipinski definition) is 1. The van der Waals surface area contributed by atoms with E-state index >= 15 is 0 Å². The summed E-state index contributed by atoms with van der Waals surface area (Å²) in [7, 11) is 4.21. The van der Waals surface area contributed by atoms with Crippen molar-refractivity contribution in [1.82, 2.24) is 19.9 Å². The number of nitrogens with one attached hydrogen (secondary N) is 1. The molecule has 1 fully saturated rings. The van der Waals surface area contributed by atoms with Crippen molar-refractivity contribution in [3.8, 4) is 0 Å². The van der Waals surface area contributed by atoms with Crippen LogP contribution in [-0.4, -0.2) is 59.6 Å². The van der Waals surface area contributed by atoms with E-state index in [1.807, 2.05) is 6.92 Å². The monoisotopic (exact) mass is 284 g/mol. The minimum atomic E-state index is 0.238. The molecule has 2 rings (SSSR count). The molecule has 1 aliphatic rings. The Labute approximate surface area is 119 Å². The zero-order valence-corrected chi connectivity index (χ0v) is 12.6. The van der Waals surface area contributed by atoms with Crippen LogP contribution in [0.2, 0.25) is 5.28 Å². The summed E-state index contributed by atoms with van der Waals surface area (Å²) in [6.45, 7) is 6.86. The zero-order chi connectivity index (χ0) is 14.0. The molecule has 0 aromatic carbocycles. The van der Waals surface area contributed by atoms with Crippen LogP contribution in [0.4, 0.5) is 11.9 Å². The van der Waals surface area contributed by atoms with Crippen LogP contribution in [0.3, 0.4) is 0 Å². The van der Waals surface area contributed by atoms with E-state index in [0.717, 1.165) is 19.6 Å². The predicted molar refractivity (Wildman–Crippen MR) is 77.9 cm³/mol. The van der Waals surface area contributed by atoms with Crippen molar-refractivity contribution in [3.05, 3.63) is 5.28 Å². The molecule has 2 heterocycles.